The van der Waals surface area contributed by atoms with Crippen LogP contribution in [0.5, 0.6) is 5.75 Å². The maximum absolute atomic E-state index is 13.1. The van der Waals surface area contributed by atoms with Gasteiger partial charge in [-0.1, -0.05) is 48.5 Å². The van der Waals surface area contributed by atoms with Crippen LogP contribution in [0.1, 0.15) is 24.5 Å². The molecule has 0 saturated heterocycles. The fraction of sp³-hybridized carbons (Fsp3) is 0.160. The van der Waals surface area contributed by atoms with Crippen LogP contribution < -0.4 is 4.74 Å². The van der Waals surface area contributed by atoms with Crippen LogP contribution in [0.3, 0.4) is 0 Å². The Bertz CT molecular complexity index is 993. The van der Waals surface area contributed by atoms with Crippen molar-refractivity contribution in [2.45, 2.75) is 25.4 Å². The van der Waals surface area contributed by atoms with Crippen LogP contribution in [0.15, 0.2) is 85.5 Å². The first kappa shape index (κ1) is 20.3. The molecule has 3 nitrogen and oxygen atoms in total. The number of ether oxygens (including phenoxy) is 1. The summed E-state index contributed by atoms with van der Waals surface area (Å²) in [6, 6.07) is 21.4. The molecule has 0 spiro atoms. The van der Waals surface area contributed by atoms with Gasteiger partial charge in [-0.05, 0) is 65.9 Å². The van der Waals surface area contributed by atoms with Crippen LogP contribution in [0, 0.1) is 5.82 Å². The molecule has 0 bridgehead atoms. The number of hydrogen-bond acceptors (Lipinski definition) is 2. The third kappa shape index (κ3) is 4.72. The van der Waals surface area contributed by atoms with Crippen molar-refractivity contribution in [1.82, 2.24) is 0 Å². The summed E-state index contributed by atoms with van der Waals surface area (Å²) in [4.78, 5) is 11.7. The molecule has 1 N–H and O–H groups in total. The minimum absolute atomic E-state index is 0.260. The molecule has 0 aliphatic rings. The van der Waals surface area contributed by atoms with Gasteiger partial charge in [0.15, 0.2) is 0 Å². The second-order valence-electron chi connectivity index (χ2n) is 7.15. The molecule has 0 saturated carbocycles. The average molecular weight is 390 g/mol. The first-order valence-electron chi connectivity index (χ1n) is 9.35. The van der Waals surface area contributed by atoms with Crippen molar-refractivity contribution in [3.63, 3.8) is 0 Å². The van der Waals surface area contributed by atoms with Gasteiger partial charge in [0.2, 0.25) is 0 Å². The summed E-state index contributed by atoms with van der Waals surface area (Å²) in [6.45, 7) is 5.72. The van der Waals surface area contributed by atoms with Crippen LogP contribution in [-0.4, -0.2) is 11.1 Å². The Labute approximate surface area is 170 Å². The van der Waals surface area contributed by atoms with E-state index >= 15 is 0 Å². The SMILES string of the molecule is C=CCC(C)(C(=O)O)c1ccc(OCc2cccc(-c3ccc(F)cc3)c2)cc1. The van der Waals surface area contributed by atoms with Crippen LogP contribution >= 0.6 is 0 Å². The van der Waals surface area contributed by atoms with E-state index in [4.69, 9.17) is 4.74 Å². The molecule has 0 aromatic heterocycles. The first-order chi connectivity index (χ1) is 13.9. The van der Waals surface area contributed by atoms with E-state index in [1.807, 2.05) is 24.3 Å². The number of rotatable bonds is 8. The Morgan fingerprint density at radius 1 is 1.07 bits per heavy atom. The van der Waals surface area contributed by atoms with Gasteiger partial charge in [-0.2, -0.15) is 0 Å². The van der Waals surface area contributed by atoms with Gasteiger partial charge in [0, 0.05) is 0 Å². The minimum atomic E-state index is -1.01. The lowest BCUT2D eigenvalue weighted by molar-refractivity contribution is -0.143. The highest BCUT2D eigenvalue weighted by Crippen LogP contribution is 2.30. The van der Waals surface area contributed by atoms with E-state index < -0.39 is 11.4 Å². The zero-order valence-electron chi connectivity index (χ0n) is 16.3. The molecule has 0 radical (unpaired) electrons. The van der Waals surface area contributed by atoms with E-state index in [0.29, 0.717) is 24.3 Å². The van der Waals surface area contributed by atoms with E-state index in [9.17, 15) is 14.3 Å². The second kappa shape index (κ2) is 8.74. The van der Waals surface area contributed by atoms with Gasteiger partial charge in [0.1, 0.15) is 18.2 Å². The Morgan fingerprint density at radius 2 is 1.76 bits per heavy atom. The van der Waals surface area contributed by atoms with Gasteiger partial charge in [0.05, 0.1) is 5.41 Å². The Hall–Kier alpha value is -3.40. The summed E-state index contributed by atoms with van der Waals surface area (Å²) in [5.74, 6) is -0.486. The Morgan fingerprint density at radius 3 is 2.38 bits per heavy atom. The molecule has 3 aromatic carbocycles. The number of carboxylic acid groups (broad SMARTS) is 1. The highest BCUT2D eigenvalue weighted by Gasteiger charge is 2.33. The summed E-state index contributed by atoms with van der Waals surface area (Å²) >= 11 is 0. The molecule has 0 fully saturated rings. The number of carboxylic acids is 1. The van der Waals surface area contributed by atoms with Gasteiger partial charge in [0.25, 0.3) is 0 Å². The van der Waals surface area contributed by atoms with Gasteiger partial charge in [-0.3, -0.25) is 4.79 Å². The van der Waals surface area contributed by atoms with Crippen LogP contribution in [-0.2, 0) is 16.8 Å². The molecule has 0 heterocycles. The number of carbonyl (C=O) groups is 1. The van der Waals surface area contributed by atoms with Crippen LogP contribution in [0.4, 0.5) is 4.39 Å². The molecule has 29 heavy (non-hydrogen) atoms. The van der Waals surface area contributed by atoms with Crippen molar-refractivity contribution in [1.29, 1.82) is 0 Å². The molecule has 3 aromatic rings. The Kier molecular flexibility index (Phi) is 6.13. The highest BCUT2D eigenvalue weighted by atomic mass is 19.1. The Balaban J connectivity index is 1.70. The standard InChI is InChI=1S/C25H23FO3/c1-3-15-25(2,24(27)28)21-9-13-23(14-10-21)29-17-18-5-4-6-20(16-18)19-7-11-22(26)12-8-19/h3-14,16H,1,15,17H2,2H3,(H,27,28). The summed E-state index contributed by atoms with van der Waals surface area (Å²) < 4.78 is 19.0. The summed E-state index contributed by atoms with van der Waals surface area (Å²) in [6.07, 6.45) is 1.96. The number of aliphatic carboxylic acids is 1. The lowest BCUT2D eigenvalue weighted by Crippen LogP contribution is -2.31. The minimum Gasteiger partial charge on any atom is -0.489 e. The molecular weight excluding hydrogens is 367 g/mol. The smallest absolute Gasteiger partial charge is 0.314 e. The second-order valence-corrected chi connectivity index (χ2v) is 7.15. The normalized spacial score (nSPS) is 12.8. The fourth-order valence-electron chi connectivity index (χ4n) is 3.19. The number of benzene rings is 3. The van der Waals surface area contributed by atoms with Crippen molar-refractivity contribution < 1.29 is 19.0 Å². The maximum atomic E-state index is 13.1. The fourth-order valence-corrected chi connectivity index (χ4v) is 3.19. The third-order valence-corrected chi connectivity index (χ3v) is 5.03. The topological polar surface area (TPSA) is 46.5 Å². The first-order valence-corrected chi connectivity index (χ1v) is 9.35. The predicted molar refractivity (Wildman–Crippen MR) is 112 cm³/mol. The number of allylic oxidation sites excluding steroid dienone is 1. The number of halogens is 1. The monoisotopic (exact) mass is 390 g/mol. The molecule has 3 rings (SSSR count). The van der Waals surface area contributed by atoms with Crippen molar-refractivity contribution in [3.8, 4) is 16.9 Å². The predicted octanol–water partition coefficient (Wildman–Crippen LogP) is 5.99. The zero-order valence-corrected chi connectivity index (χ0v) is 16.3. The van der Waals surface area contributed by atoms with Crippen molar-refractivity contribution in [3.05, 3.63) is 102 Å². The molecule has 0 amide bonds. The van der Waals surface area contributed by atoms with Crippen LogP contribution in [0.25, 0.3) is 11.1 Å². The van der Waals surface area contributed by atoms with Crippen molar-refractivity contribution in [2.75, 3.05) is 0 Å². The van der Waals surface area contributed by atoms with Crippen molar-refractivity contribution >= 4 is 5.97 Å². The lowest BCUT2D eigenvalue weighted by atomic mass is 9.79. The number of hydrogen-bond donors (Lipinski definition) is 1. The van der Waals surface area contributed by atoms with Gasteiger partial charge >= 0.3 is 5.97 Å². The molecule has 148 valence electrons. The van der Waals surface area contributed by atoms with Gasteiger partial charge < -0.3 is 9.84 Å². The largest absolute Gasteiger partial charge is 0.489 e. The quantitative estimate of drug-likeness (QED) is 0.481. The van der Waals surface area contributed by atoms with E-state index in [0.717, 1.165) is 16.7 Å². The van der Waals surface area contributed by atoms with E-state index in [-0.39, 0.29) is 5.82 Å². The van der Waals surface area contributed by atoms with Gasteiger partial charge in [-0.25, -0.2) is 4.39 Å². The summed E-state index contributed by atoms with van der Waals surface area (Å²) in [7, 11) is 0. The summed E-state index contributed by atoms with van der Waals surface area (Å²) in [5, 5.41) is 9.57. The van der Waals surface area contributed by atoms with E-state index in [1.54, 1.807) is 49.4 Å². The van der Waals surface area contributed by atoms with Gasteiger partial charge in [-0.15, -0.1) is 6.58 Å². The molecular formula is C25H23FO3. The van der Waals surface area contributed by atoms with Crippen molar-refractivity contribution in [2.24, 2.45) is 0 Å². The average Bonchev–Trinajstić information content (AvgIpc) is 2.73. The maximum Gasteiger partial charge on any atom is 0.314 e. The molecule has 0 aliphatic carbocycles. The molecule has 0 aliphatic heterocycles. The molecule has 1 atom stereocenters. The zero-order chi connectivity index (χ0) is 20.9. The third-order valence-electron chi connectivity index (χ3n) is 5.03. The van der Waals surface area contributed by atoms with E-state index in [2.05, 4.69) is 6.58 Å². The highest BCUT2D eigenvalue weighted by molar-refractivity contribution is 5.81. The lowest BCUT2D eigenvalue weighted by Gasteiger charge is -2.24. The molecule has 1 unspecified atom stereocenters. The van der Waals surface area contributed by atoms with Crippen LogP contribution in [0.2, 0.25) is 0 Å². The van der Waals surface area contributed by atoms with E-state index in [1.165, 1.54) is 12.1 Å². The summed E-state index contributed by atoms with van der Waals surface area (Å²) in [5.41, 5.74) is 2.61. The molecule has 4 heteroatoms.